The summed E-state index contributed by atoms with van der Waals surface area (Å²) in [6.45, 7) is 4.94. The lowest BCUT2D eigenvalue weighted by atomic mass is 9.94. The fraction of sp³-hybridized carbons (Fsp3) is 1.00. The second-order valence-corrected chi connectivity index (χ2v) is 7.31. The van der Waals surface area contributed by atoms with E-state index in [-0.39, 0.29) is 11.4 Å². The molecule has 3 aliphatic carbocycles. The van der Waals surface area contributed by atoms with Gasteiger partial charge in [0.15, 0.2) is 5.79 Å². The number of ether oxygens (including phenoxy) is 2. The van der Waals surface area contributed by atoms with Crippen molar-refractivity contribution in [2.24, 2.45) is 17.3 Å². The Morgan fingerprint density at radius 3 is 2.00 bits per heavy atom. The summed E-state index contributed by atoms with van der Waals surface area (Å²) in [4.78, 5) is 0. The molecule has 4 fully saturated rings. The highest BCUT2D eigenvalue weighted by Gasteiger charge is 2.61. The van der Waals surface area contributed by atoms with E-state index >= 15 is 0 Å². The Kier molecular flexibility index (Phi) is 1.65. The van der Waals surface area contributed by atoms with E-state index in [1.807, 2.05) is 0 Å². The summed E-state index contributed by atoms with van der Waals surface area (Å²) in [6, 6.07) is 0. The largest absolute Gasteiger partial charge is 0.347 e. The summed E-state index contributed by atoms with van der Waals surface area (Å²) < 4.78 is 12.0. The third kappa shape index (κ3) is 1.32. The van der Waals surface area contributed by atoms with Crippen LogP contribution in [0.3, 0.4) is 0 Å². The summed E-state index contributed by atoms with van der Waals surface area (Å²) >= 11 is 0. The Morgan fingerprint density at radius 2 is 1.56 bits per heavy atom. The first kappa shape index (κ1) is 9.90. The van der Waals surface area contributed by atoms with Crippen LogP contribution in [0.1, 0.15) is 52.4 Å². The summed E-state index contributed by atoms with van der Waals surface area (Å²) in [6.07, 6.45) is 8.53. The van der Waals surface area contributed by atoms with Crippen LogP contribution in [0.15, 0.2) is 0 Å². The Labute approximate surface area is 97.7 Å². The molecule has 3 saturated carbocycles. The monoisotopic (exact) mass is 222 g/mol. The van der Waals surface area contributed by atoms with Crippen LogP contribution in [0.4, 0.5) is 0 Å². The topological polar surface area (TPSA) is 18.5 Å². The zero-order chi connectivity index (χ0) is 11.0. The van der Waals surface area contributed by atoms with Crippen molar-refractivity contribution in [2.75, 3.05) is 6.61 Å². The maximum Gasteiger partial charge on any atom is 0.163 e. The van der Waals surface area contributed by atoms with Gasteiger partial charge in [-0.3, -0.25) is 0 Å². The van der Waals surface area contributed by atoms with Crippen LogP contribution in [0.5, 0.6) is 0 Å². The van der Waals surface area contributed by atoms with Gasteiger partial charge >= 0.3 is 0 Å². The molecule has 0 bridgehead atoms. The lowest BCUT2D eigenvalue weighted by Crippen LogP contribution is -2.32. The summed E-state index contributed by atoms with van der Waals surface area (Å²) in [5.41, 5.74) is 0.904. The molecule has 0 N–H and O–H groups in total. The van der Waals surface area contributed by atoms with Gasteiger partial charge in [0.05, 0.1) is 12.2 Å². The molecule has 0 aromatic heterocycles. The first-order valence-corrected chi connectivity index (χ1v) is 6.84. The Morgan fingerprint density at radius 1 is 0.938 bits per heavy atom. The van der Waals surface area contributed by atoms with Crippen LogP contribution < -0.4 is 0 Å². The van der Waals surface area contributed by atoms with E-state index in [9.17, 15) is 0 Å². The zero-order valence-electron chi connectivity index (χ0n) is 10.4. The standard InChI is InChI=1S/C14H22O2/c1-12(2)15-9-14(16-12)7-10-5-13(3-4-13)6-11(10)8-14/h10-11H,3-9H2,1-2H3/t10-,11+,14?. The van der Waals surface area contributed by atoms with E-state index in [1.165, 1.54) is 38.5 Å². The average molecular weight is 222 g/mol. The minimum Gasteiger partial charge on any atom is -0.347 e. The normalized spacial score (nSPS) is 51.4. The fourth-order valence-electron chi connectivity index (χ4n) is 4.72. The molecule has 4 rings (SSSR count). The van der Waals surface area contributed by atoms with Gasteiger partial charge in [0.1, 0.15) is 0 Å². The molecule has 0 radical (unpaired) electrons. The van der Waals surface area contributed by atoms with E-state index in [0.29, 0.717) is 0 Å². The Hall–Kier alpha value is -0.0800. The molecule has 2 nitrogen and oxygen atoms in total. The van der Waals surface area contributed by atoms with Crippen LogP contribution in [0.25, 0.3) is 0 Å². The van der Waals surface area contributed by atoms with Crippen molar-refractivity contribution in [3.8, 4) is 0 Å². The van der Waals surface area contributed by atoms with Gasteiger partial charge in [-0.2, -0.15) is 0 Å². The molecule has 90 valence electrons. The second-order valence-electron chi connectivity index (χ2n) is 7.31. The van der Waals surface area contributed by atoms with Gasteiger partial charge in [-0.25, -0.2) is 0 Å². The molecule has 1 unspecified atom stereocenters. The van der Waals surface area contributed by atoms with E-state index in [4.69, 9.17) is 9.47 Å². The maximum atomic E-state index is 6.20. The van der Waals surface area contributed by atoms with Crippen molar-refractivity contribution in [1.82, 2.24) is 0 Å². The molecule has 0 amide bonds. The molecule has 1 aliphatic heterocycles. The number of rotatable bonds is 0. The SMILES string of the molecule is CC1(C)OCC2(C[C@H]3CC4(CC4)C[C@H]3C2)O1. The summed E-state index contributed by atoms with van der Waals surface area (Å²) in [5, 5.41) is 0. The molecule has 1 heterocycles. The third-order valence-electron chi connectivity index (χ3n) is 5.43. The van der Waals surface area contributed by atoms with Crippen molar-refractivity contribution >= 4 is 0 Å². The maximum absolute atomic E-state index is 6.20. The van der Waals surface area contributed by atoms with Crippen molar-refractivity contribution in [3.63, 3.8) is 0 Å². The third-order valence-corrected chi connectivity index (χ3v) is 5.43. The summed E-state index contributed by atoms with van der Waals surface area (Å²) in [5.74, 6) is 1.55. The lowest BCUT2D eigenvalue weighted by Gasteiger charge is -2.26. The van der Waals surface area contributed by atoms with Crippen LogP contribution in [0, 0.1) is 17.3 Å². The molecular weight excluding hydrogens is 200 g/mol. The van der Waals surface area contributed by atoms with E-state index < -0.39 is 0 Å². The number of fused-ring (bicyclic) bond motifs is 1. The Bertz CT molecular complexity index is 314. The highest BCUT2D eigenvalue weighted by molar-refractivity contribution is 5.10. The molecule has 2 spiro atoms. The number of hydrogen-bond donors (Lipinski definition) is 0. The fourth-order valence-corrected chi connectivity index (χ4v) is 4.72. The predicted octanol–water partition coefficient (Wildman–Crippen LogP) is 3.11. The van der Waals surface area contributed by atoms with Gasteiger partial charge in [-0.1, -0.05) is 0 Å². The highest BCUT2D eigenvalue weighted by atomic mass is 16.8. The first-order valence-electron chi connectivity index (χ1n) is 6.84. The first-order chi connectivity index (χ1) is 7.50. The van der Waals surface area contributed by atoms with Crippen LogP contribution in [-0.4, -0.2) is 18.0 Å². The average Bonchev–Trinajstić information content (AvgIpc) is 2.58. The van der Waals surface area contributed by atoms with Gasteiger partial charge in [0.25, 0.3) is 0 Å². The van der Waals surface area contributed by atoms with Crippen LogP contribution >= 0.6 is 0 Å². The van der Waals surface area contributed by atoms with Crippen molar-refractivity contribution in [2.45, 2.75) is 63.8 Å². The van der Waals surface area contributed by atoms with E-state index in [0.717, 1.165) is 23.9 Å². The minimum absolute atomic E-state index is 0.0926. The van der Waals surface area contributed by atoms with Crippen molar-refractivity contribution < 1.29 is 9.47 Å². The Balaban J connectivity index is 1.52. The molecular formula is C14H22O2. The van der Waals surface area contributed by atoms with Gasteiger partial charge in [-0.15, -0.1) is 0 Å². The zero-order valence-corrected chi connectivity index (χ0v) is 10.4. The van der Waals surface area contributed by atoms with Crippen molar-refractivity contribution in [3.05, 3.63) is 0 Å². The van der Waals surface area contributed by atoms with Gasteiger partial charge in [-0.05, 0) is 69.6 Å². The van der Waals surface area contributed by atoms with E-state index in [1.54, 1.807) is 0 Å². The van der Waals surface area contributed by atoms with Crippen LogP contribution in [-0.2, 0) is 9.47 Å². The number of hydrogen-bond acceptors (Lipinski definition) is 2. The summed E-state index contributed by atoms with van der Waals surface area (Å²) in [7, 11) is 0. The highest BCUT2D eigenvalue weighted by Crippen LogP contribution is 2.67. The molecule has 2 heteroatoms. The molecule has 16 heavy (non-hydrogen) atoms. The molecule has 3 atom stereocenters. The van der Waals surface area contributed by atoms with Crippen LogP contribution in [0.2, 0.25) is 0 Å². The predicted molar refractivity (Wildman–Crippen MR) is 61.0 cm³/mol. The van der Waals surface area contributed by atoms with Gasteiger partial charge < -0.3 is 9.47 Å². The smallest absolute Gasteiger partial charge is 0.163 e. The van der Waals surface area contributed by atoms with Gasteiger partial charge in [0.2, 0.25) is 0 Å². The van der Waals surface area contributed by atoms with Gasteiger partial charge in [0, 0.05) is 0 Å². The van der Waals surface area contributed by atoms with Crippen molar-refractivity contribution in [1.29, 1.82) is 0 Å². The molecule has 1 saturated heterocycles. The quantitative estimate of drug-likeness (QED) is 0.627. The van der Waals surface area contributed by atoms with E-state index in [2.05, 4.69) is 13.8 Å². The second kappa shape index (κ2) is 2.67. The molecule has 0 aromatic carbocycles. The molecule has 4 aliphatic rings. The molecule has 0 aromatic rings. The lowest BCUT2D eigenvalue weighted by molar-refractivity contribution is -0.161. The minimum atomic E-state index is -0.337.